The average molecular weight is 134 g/mol. The SMILES string of the molecule is CO[C@]1(C)C[C@@H](O)OO1. The number of aliphatic hydroxyl groups excluding tert-OH is 1. The van der Waals surface area contributed by atoms with Crippen molar-refractivity contribution < 1.29 is 19.6 Å². The Morgan fingerprint density at radius 2 is 2.44 bits per heavy atom. The molecule has 0 bridgehead atoms. The number of hydrogen-bond acceptors (Lipinski definition) is 4. The van der Waals surface area contributed by atoms with Crippen molar-refractivity contribution in [2.45, 2.75) is 25.4 Å². The molecule has 4 heteroatoms. The molecule has 0 aliphatic carbocycles. The molecule has 1 heterocycles. The number of ether oxygens (including phenoxy) is 1. The molecule has 0 radical (unpaired) electrons. The molecule has 54 valence electrons. The molecular weight excluding hydrogens is 124 g/mol. The van der Waals surface area contributed by atoms with E-state index >= 15 is 0 Å². The molecule has 4 nitrogen and oxygen atoms in total. The van der Waals surface area contributed by atoms with Gasteiger partial charge in [0.05, 0.1) is 6.42 Å². The van der Waals surface area contributed by atoms with E-state index in [2.05, 4.69) is 9.78 Å². The first kappa shape index (κ1) is 6.95. The van der Waals surface area contributed by atoms with E-state index in [1.165, 1.54) is 7.11 Å². The Morgan fingerprint density at radius 1 is 1.78 bits per heavy atom. The number of aliphatic hydroxyl groups is 1. The van der Waals surface area contributed by atoms with Crippen molar-refractivity contribution in [3.05, 3.63) is 0 Å². The fraction of sp³-hybridized carbons (Fsp3) is 1.00. The van der Waals surface area contributed by atoms with Crippen molar-refractivity contribution in [3.8, 4) is 0 Å². The molecule has 0 aromatic heterocycles. The third kappa shape index (κ3) is 1.40. The quantitative estimate of drug-likeness (QED) is 0.513. The van der Waals surface area contributed by atoms with Gasteiger partial charge in [-0.2, -0.15) is 4.89 Å². The molecule has 0 aromatic rings. The summed E-state index contributed by atoms with van der Waals surface area (Å²) in [6.07, 6.45) is -0.501. The minimum absolute atomic E-state index is 0.351. The Hall–Kier alpha value is -0.160. The predicted octanol–water partition coefficient (Wildman–Crippen LogP) is 0.0193. The van der Waals surface area contributed by atoms with E-state index in [0.29, 0.717) is 6.42 Å². The average Bonchev–Trinajstić information content (AvgIpc) is 2.13. The minimum atomic E-state index is -0.852. The van der Waals surface area contributed by atoms with Crippen molar-refractivity contribution in [3.63, 3.8) is 0 Å². The lowest BCUT2D eigenvalue weighted by atomic mass is 10.2. The minimum Gasteiger partial charge on any atom is -0.365 e. The third-order valence-corrected chi connectivity index (χ3v) is 1.31. The van der Waals surface area contributed by atoms with Crippen LogP contribution in [0.3, 0.4) is 0 Å². The van der Waals surface area contributed by atoms with Crippen LogP contribution in [0.5, 0.6) is 0 Å². The van der Waals surface area contributed by atoms with Crippen LogP contribution < -0.4 is 0 Å². The zero-order valence-corrected chi connectivity index (χ0v) is 5.46. The molecule has 1 aliphatic heterocycles. The highest BCUT2D eigenvalue weighted by molar-refractivity contribution is 4.65. The molecule has 1 N–H and O–H groups in total. The summed E-state index contributed by atoms with van der Waals surface area (Å²) in [6, 6.07) is 0. The van der Waals surface area contributed by atoms with Gasteiger partial charge in [0.2, 0.25) is 5.79 Å². The lowest BCUT2D eigenvalue weighted by molar-refractivity contribution is -0.395. The molecule has 0 saturated carbocycles. The van der Waals surface area contributed by atoms with Crippen LogP contribution >= 0.6 is 0 Å². The fourth-order valence-electron chi connectivity index (χ4n) is 0.660. The van der Waals surface area contributed by atoms with Gasteiger partial charge in [-0.1, -0.05) is 0 Å². The third-order valence-electron chi connectivity index (χ3n) is 1.31. The van der Waals surface area contributed by atoms with Crippen molar-refractivity contribution in [2.75, 3.05) is 7.11 Å². The molecule has 0 amide bonds. The zero-order chi connectivity index (χ0) is 6.91. The number of hydrogen-bond donors (Lipinski definition) is 1. The van der Waals surface area contributed by atoms with Gasteiger partial charge in [-0.05, 0) is 6.92 Å². The first-order valence-corrected chi connectivity index (χ1v) is 2.74. The molecule has 0 spiro atoms. The second kappa shape index (κ2) is 2.22. The van der Waals surface area contributed by atoms with Gasteiger partial charge in [-0.3, -0.25) is 0 Å². The van der Waals surface area contributed by atoms with Gasteiger partial charge in [0.1, 0.15) is 0 Å². The summed E-state index contributed by atoms with van der Waals surface area (Å²) in [5.74, 6) is -0.764. The highest BCUT2D eigenvalue weighted by Gasteiger charge is 2.37. The van der Waals surface area contributed by atoms with Gasteiger partial charge in [0, 0.05) is 7.11 Å². The van der Waals surface area contributed by atoms with Gasteiger partial charge in [-0.15, -0.1) is 0 Å². The van der Waals surface area contributed by atoms with Gasteiger partial charge < -0.3 is 9.84 Å². The van der Waals surface area contributed by atoms with E-state index < -0.39 is 12.1 Å². The van der Waals surface area contributed by atoms with Crippen LogP contribution in [0.15, 0.2) is 0 Å². The predicted molar refractivity (Wildman–Crippen MR) is 28.2 cm³/mol. The largest absolute Gasteiger partial charge is 0.365 e. The van der Waals surface area contributed by atoms with E-state index in [1.54, 1.807) is 6.92 Å². The van der Waals surface area contributed by atoms with Gasteiger partial charge in [-0.25, -0.2) is 4.89 Å². The number of methoxy groups -OCH3 is 1. The monoisotopic (exact) mass is 134 g/mol. The Morgan fingerprint density at radius 3 is 2.67 bits per heavy atom. The summed E-state index contributed by atoms with van der Waals surface area (Å²) < 4.78 is 4.86. The van der Waals surface area contributed by atoms with Crippen LogP contribution in [0.2, 0.25) is 0 Å². The van der Waals surface area contributed by atoms with Crippen LogP contribution in [0.25, 0.3) is 0 Å². The Labute approximate surface area is 53.3 Å². The molecular formula is C5H10O4. The second-order valence-electron chi connectivity index (χ2n) is 2.18. The van der Waals surface area contributed by atoms with Crippen LogP contribution in [-0.2, 0) is 14.5 Å². The maximum absolute atomic E-state index is 8.77. The van der Waals surface area contributed by atoms with Crippen molar-refractivity contribution in [1.29, 1.82) is 0 Å². The van der Waals surface area contributed by atoms with Crippen LogP contribution in [-0.4, -0.2) is 24.3 Å². The standard InChI is InChI=1S/C5H10O4/c1-5(7-2)3-4(6)8-9-5/h4,6H,3H2,1-2H3/t4-,5-/m0/s1. The lowest BCUT2D eigenvalue weighted by Gasteiger charge is -2.16. The van der Waals surface area contributed by atoms with Crippen molar-refractivity contribution >= 4 is 0 Å². The summed E-state index contributed by atoms with van der Waals surface area (Å²) in [4.78, 5) is 9.02. The van der Waals surface area contributed by atoms with Gasteiger partial charge in [0.15, 0.2) is 6.29 Å². The molecule has 1 rings (SSSR count). The normalized spacial score (nSPS) is 43.7. The molecule has 2 atom stereocenters. The zero-order valence-electron chi connectivity index (χ0n) is 5.46. The van der Waals surface area contributed by atoms with Crippen molar-refractivity contribution in [1.82, 2.24) is 0 Å². The highest BCUT2D eigenvalue weighted by atomic mass is 17.3. The van der Waals surface area contributed by atoms with Crippen LogP contribution in [0, 0.1) is 0 Å². The maximum Gasteiger partial charge on any atom is 0.203 e. The summed E-state index contributed by atoms with van der Waals surface area (Å²) in [7, 11) is 1.50. The molecule has 1 saturated heterocycles. The fourth-order valence-corrected chi connectivity index (χ4v) is 0.660. The van der Waals surface area contributed by atoms with Crippen LogP contribution in [0.1, 0.15) is 13.3 Å². The van der Waals surface area contributed by atoms with E-state index in [-0.39, 0.29) is 0 Å². The first-order chi connectivity index (χ1) is 4.16. The Balaban J connectivity index is 2.45. The van der Waals surface area contributed by atoms with Crippen molar-refractivity contribution in [2.24, 2.45) is 0 Å². The molecule has 0 aromatic carbocycles. The summed E-state index contributed by atoms with van der Waals surface area (Å²) >= 11 is 0. The first-order valence-electron chi connectivity index (χ1n) is 2.74. The lowest BCUT2D eigenvalue weighted by Crippen LogP contribution is -2.25. The topological polar surface area (TPSA) is 47.9 Å². The number of rotatable bonds is 1. The molecule has 1 fully saturated rings. The van der Waals surface area contributed by atoms with Crippen LogP contribution in [0.4, 0.5) is 0 Å². The Kier molecular flexibility index (Phi) is 1.72. The Bertz CT molecular complexity index is 105. The highest BCUT2D eigenvalue weighted by Crippen LogP contribution is 2.26. The van der Waals surface area contributed by atoms with E-state index in [0.717, 1.165) is 0 Å². The molecule has 1 aliphatic rings. The summed E-state index contributed by atoms with van der Waals surface area (Å²) in [6.45, 7) is 1.70. The smallest absolute Gasteiger partial charge is 0.203 e. The second-order valence-corrected chi connectivity index (χ2v) is 2.18. The van der Waals surface area contributed by atoms with Gasteiger partial charge in [0.25, 0.3) is 0 Å². The van der Waals surface area contributed by atoms with E-state index in [4.69, 9.17) is 9.84 Å². The maximum atomic E-state index is 8.77. The molecule has 9 heavy (non-hydrogen) atoms. The summed E-state index contributed by atoms with van der Waals surface area (Å²) in [5.41, 5.74) is 0. The van der Waals surface area contributed by atoms with E-state index in [9.17, 15) is 0 Å². The summed E-state index contributed by atoms with van der Waals surface area (Å²) in [5, 5.41) is 8.77. The van der Waals surface area contributed by atoms with E-state index in [1.807, 2.05) is 0 Å². The van der Waals surface area contributed by atoms with Gasteiger partial charge >= 0.3 is 0 Å². The molecule has 0 unspecified atom stereocenters.